The maximum absolute atomic E-state index is 14.5. The molecule has 3 aliphatic heterocycles. The number of aliphatic imine (C=N–C) groups is 1. The Morgan fingerprint density at radius 3 is 2.47 bits per heavy atom. The Morgan fingerprint density at radius 1 is 1.10 bits per heavy atom. The molecule has 0 unspecified atom stereocenters. The van der Waals surface area contributed by atoms with Gasteiger partial charge in [0, 0.05) is 30.5 Å². The van der Waals surface area contributed by atoms with E-state index in [1.54, 1.807) is 45.9 Å². The van der Waals surface area contributed by atoms with Crippen LogP contribution in [0.2, 0.25) is 0 Å². The molecule has 13 atom stereocenters. The molecule has 3 fully saturated rings. The Labute approximate surface area is 345 Å². The molecule has 17 heteroatoms. The highest BCUT2D eigenvalue weighted by atomic mass is 16.7. The first-order chi connectivity index (χ1) is 27.7. The van der Waals surface area contributed by atoms with Crippen LogP contribution >= 0.6 is 0 Å². The number of rotatable bonds is 7. The molecule has 0 radical (unpaired) electrons. The second kappa shape index (κ2) is 18.8. The van der Waals surface area contributed by atoms with E-state index < -0.39 is 83.2 Å². The first kappa shape index (κ1) is 46.2. The minimum absolute atomic E-state index is 0.0264. The van der Waals surface area contributed by atoms with E-state index in [0.29, 0.717) is 23.2 Å². The SMILES string of the molecule is CC[C@H]1OC(=O)[C@H](C)C(=O)[C@H](C)[C@@H](O[C@@H]2O[C@H](C)C[C@H](N(C)C)[C@H]2O)[C@@]2(C)C[C@@H](C)C(=NC(C)=O)[C@H](C)[C@@H](OCC(=NOCc3ccc4oc(N)nc4c3)CO2)[C@]1(C)O. The molecule has 4 N–H and O–H groups in total. The van der Waals surface area contributed by atoms with Crippen LogP contribution in [0.5, 0.6) is 0 Å². The van der Waals surface area contributed by atoms with Gasteiger partial charge < -0.3 is 53.8 Å². The molecule has 1 amide bonds. The lowest BCUT2D eigenvalue weighted by atomic mass is 9.73. The van der Waals surface area contributed by atoms with E-state index in [1.807, 2.05) is 32.8 Å². The van der Waals surface area contributed by atoms with E-state index in [0.717, 1.165) is 5.56 Å². The Kier molecular flexibility index (Phi) is 14.8. The van der Waals surface area contributed by atoms with E-state index in [9.17, 15) is 24.6 Å². The van der Waals surface area contributed by atoms with E-state index in [4.69, 9.17) is 38.7 Å². The van der Waals surface area contributed by atoms with Gasteiger partial charge in [0.15, 0.2) is 17.7 Å². The fraction of sp³-hybridized carbons (Fsp3) is 0.714. The van der Waals surface area contributed by atoms with Crippen molar-refractivity contribution in [3.8, 4) is 0 Å². The number of ether oxygens (including phenoxy) is 5. The summed E-state index contributed by atoms with van der Waals surface area (Å²) in [5.74, 6) is -5.38. The number of aliphatic hydroxyl groups excluding tert-OH is 1. The monoisotopic (exact) mass is 829 g/mol. The summed E-state index contributed by atoms with van der Waals surface area (Å²) in [5.41, 5.74) is 4.93. The van der Waals surface area contributed by atoms with Crippen molar-refractivity contribution in [2.24, 2.45) is 33.8 Å². The summed E-state index contributed by atoms with van der Waals surface area (Å²) < 4.78 is 37.8. The van der Waals surface area contributed by atoms with Crippen molar-refractivity contribution in [1.82, 2.24) is 9.88 Å². The van der Waals surface area contributed by atoms with Gasteiger partial charge in [-0.1, -0.05) is 38.9 Å². The quantitative estimate of drug-likeness (QED) is 0.205. The lowest BCUT2D eigenvalue weighted by Crippen LogP contribution is -2.60. The Balaban J connectivity index is 1.66. The predicted molar refractivity (Wildman–Crippen MR) is 217 cm³/mol. The maximum atomic E-state index is 14.5. The number of carbonyl (C=O) groups excluding carboxylic acids is 3. The molecule has 1 aromatic carbocycles. The average Bonchev–Trinajstić information content (AvgIpc) is 3.54. The van der Waals surface area contributed by atoms with Crippen LogP contribution in [0.3, 0.4) is 0 Å². The maximum Gasteiger partial charge on any atom is 0.316 e. The summed E-state index contributed by atoms with van der Waals surface area (Å²) in [7, 11) is 3.72. The Bertz CT molecular complexity index is 1880. The van der Waals surface area contributed by atoms with Crippen molar-refractivity contribution in [2.75, 3.05) is 33.0 Å². The molecule has 0 saturated carbocycles. The van der Waals surface area contributed by atoms with E-state index in [-0.39, 0.29) is 56.5 Å². The van der Waals surface area contributed by atoms with E-state index >= 15 is 0 Å². The third-order valence-electron chi connectivity index (χ3n) is 12.0. The molecule has 4 heterocycles. The van der Waals surface area contributed by atoms with Gasteiger partial charge in [0.25, 0.3) is 6.01 Å². The van der Waals surface area contributed by atoms with Crippen molar-refractivity contribution in [2.45, 2.75) is 142 Å². The number of anilines is 1. The first-order valence-corrected chi connectivity index (χ1v) is 20.5. The van der Waals surface area contributed by atoms with Gasteiger partial charge in [-0.3, -0.25) is 14.4 Å². The predicted octanol–water partition coefficient (Wildman–Crippen LogP) is 3.85. The summed E-state index contributed by atoms with van der Waals surface area (Å²) in [6, 6.07) is 4.99. The van der Waals surface area contributed by atoms with E-state index in [1.165, 1.54) is 20.8 Å². The molecule has 0 spiro atoms. The normalized spacial score (nSPS) is 38.2. The number of oxazole rings is 1. The number of aliphatic hydroxyl groups is 2. The van der Waals surface area contributed by atoms with Crippen molar-refractivity contribution in [3.05, 3.63) is 23.8 Å². The molecular weight excluding hydrogens is 766 g/mol. The minimum Gasteiger partial charge on any atom is -0.459 e. The number of nitrogens with two attached hydrogens (primary N) is 1. The number of fused-ring (bicyclic) bond motifs is 6. The highest BCUT2D eigenvalue weighted by Gasteiger charge is 2.53. The van der Waals surface area contributed by atoms with Crippen molar-refractivity contribution >= 4 is 46.2 Å². The van der Waals surface area contributed by atoms with E-state index in [2.05, 4.69) is 15.1 Å². The number of cyclic esters (lactones) is 1. The fourth-order valence-electron chi connectivity index (χ4n) is 8.88. The molecule has 3 aliphatic rings. The summed E-state index contributed by atoms with van der Waals surface area (Å²) in [6.45, 7) is 14.7. The highest BCUT2D eigenvalue weighted by molar-refractivity contribution is 6.00. The first-order valence-electron chi connectivity index (χ1n) is 20.5. The highest BCUT2D eigenvalue weighted by Crippen LogP contribution is 2.40. The van der Waals surface area contributed by atoms with Crippen LogP contribution in [0.25, 0.3) is 11.1 Å². The summed E-state index contributed by atoms with van der Waals surface area (Å²) in [6.07, 6.45) is -5.20. The number of nitrogens with zero attached hydrogens (tertiary/aromatic N) is 4. The average molecular weight is 830 g/mol. The number of esters is 1. The molecule has 328 valence electrons. The molecule has 2 aromatic rings. The largest absolute Gasteiger partial charge is 0.459 e. The van der Waals surface area contributed by atoms with Gasteiger partial charge in [-0.25, -0.2) is 4.99 Å². The fourth-order valence-corrected chi connectivity index (χ4v) is 8.88. The number of hydrogen-bond donors (Lipinski definition) is 3. The number of likely N-dealkylation sites (N-methyl/N-ethyl adjacent to an activating group) is 1. The van der Waals surface area contributed by atoms with Crippen molar-refractivity contribution < 1.29 is 57.5 Å². The third-order valence-corrected chi connectivity index (χ3v) is 12.0. The van der Waals surface area contributed by atoms with Gasteiger partial charge in [-0.2, -0.15) is 4.98 Å². The Hall–Kier alpha value is -3.84. The van der Waals surface area contributed by atoms with Gasteiger partial charge >= 0.3 is 5.97 Å². The zero-order valence-electron chi connectivity index (χ0n) is 36.2. The van der Waals surface area contributed by atoms with Crippen molar-refractivity contribution in [1.29, 1.82) is 0 Å². The number of nitrogen functional groups attached to an aromatic ring is 1. The number of hydrogen-bond acceptors (Lipinski definition) is 16. The smallest absolute Gasteiger partial charge is 0.316 e. The zero-order valence-corrected chi connectivity index (χ0v) is 36.2. The van der Waals surface area contributed by atoms with Crippen LogP contribution in [0.15, 0.2) is 32.8 Å². The minimum atomic E-state index is -1.86. The van der Waals surface area contributed by atoms with Gasteiger partial charge in [-0.05, 0) is 84.7 Å². The zero-order chi connectivity index (χ0) is 43.6. The van der Waals surface area contributed by atoms with Gasteiger partial charge in [0.2, 0.25) is 5.91 Å². The lowest BCUT2D eigenvalue weighted by molar-refractivity contribution is -0.296. The topological polar surface area (TPSA) is 227 Å². The van der Waals surface area contributed by atoms with Crippen LogP contribution in [-0.4, -0.2) is 131 Å². The van der Waals surface area contributed by atoms with Gasteiger partial charge in [0.05, 0.1) is 37.1 Å². The number of amides is 1. The Morgan fingerprint density at radius 2 is 1.81 bits per heavy atom. The number of aromatic nitrogens is 1. The van der Waals surface area contributed by atoms with Crippen LogP contribution < -0.4 is 5.73 Å². The molecule has 59 heavy (non-hydrogen) atoms. The molecular formula is C42H63N5O12. The third kappa shape index (κ3) is 10.4. The van der Waals surface area contributed by atoms with Crippen LogP contribution in [-0.2, 0) is 49.5 Å². The second-order valence-electron chi connectivity index (χ2n) is 17.2. The standard InChI is InChI=1S/C42H63N5O12/c1-12-32-42(9,52)37-23(4)33(44-26(7)48)21(2)17-41(8,54-20-28(19-53-37)46-55-18-27-13-14-31-29(16-27)45-40(43)57-31)36(24(5)34(49)25(6)38(51)58-32)59-39-35(50)30(47(10)11)15-22(3)56-39/h13-14,16,21-25,30,32,35-37,39,50,52H,12,15,17-20H2,1-11H3,(H2,43,45)/t21-,22-,23+,24+,25-,30+,32-,35-,36-,37-,39+,41-,42-/m1/s1. The molecule has 3 saturated heterocycles. The van der Waals surface area contributed by atoms with Crippen molar-refractivity contribution in [3.63, 3.8) is 0 Å². The van der Waals surface area contributed by atoms with Crippen LogP contribution in [0.4, 0.5) is 6.01 Å². The summed E-state index contributed by atoms with van der Waals surface area (Å²) in [5, 5.41) is 28.5. The molecule has 2 bridgehead atoms. The number of Topliss-reactive ketones (excluding diaryl/α,β-unsaturated/α-hetero) is 1. The number of ketones is 1. The van der Waals surface area contributed by atoms with Crippen LogP contribution in [0, 0.1) is 23.7 Å². The molecule has 1 aromatic heterocycles. The number of benzene rings is 1. The molecule has 0 aliphatic carbocycles. The molecule has 17 nitrogen and oxygen atoms in total. The van der Waals surface area contributed by atoms with Gasteiger partial charge in [-0.15, -0.1) is 0 Å². The summed E-state index contributed by atoms with van der Waals surface area (Å²) >= 11 is 0. The second-order valence-corrected chi connectivity index (χ2v) is 17.2. The van der Waals surface area contributed by atoms with Crippen LogP contribution in [0.1, 0.15) is 87.1 Å². The summed E-state index contributed by atoms with van der Waals surface area (Å²) in [4.78, 5) is 57.6. The number of carbonyl (C=O) groups is 3. The number of oxime groups is 1. The van der Waals surface area contributed by atoms with Gasteiger partial charge in [0.1, 0.15) is 41.6 Å². The molecule has 5 rings (SSSR count). The lowest BCUT2D eigenvalue weighted by Gasteiger charge is -2.47.